The van der Waals surface area contributed by atoms with Crippen molar-refractivity contribution < 1.29 is 22.2 Å². The summed E-state index contributed by atoms with van der Waals surface area (Å²) in [5.41, 5.74) is 0. The van der Waals surface area contributed by atoms with E-state index in [2.05, 4.69) is 0 Å². The minimum Gasteiger partial charge on any atom is -0.393 e. The molecule has 2 rings (SSSR count). The molecule has 0 aromatic carbocycles. The highest BCUT2D eigenvalue weighted by molar-refractivity contribution is 7.87. The van der Waals surface area contributed by atoms with E-state index in [0.29, 0.717) is 13.0 Å². The average Bonchev–Trinajstić information content (AvgIpc) is 2.60. The van der Waals surface area contributed by atoms with Gasteiger partial charge in [-0.1, -0.05) is 6.42 Å². The van der Waals surface area contributed by atoms with Crippen LogP contribution < -0.4 is 0 Å². The summed E-state index contributed by atoms with van der Waals surface area (Å²) in [4.78, 5) is 13.0. The lowest BCUT2D eigenvalue weighted by atomic mass is 9.87. The van der Waals surface area contributed by atoms with Crippen LogP contribution in [-0.2, 0) is 15.0 Å². The number of aliphatic hydroxyl groups is 1. The molecule has 1 saturated heterocycles. The zero-order valence-electron chi connectivity index (χ0n) is 10.1. The first kappa shape index (κ1) is 13.7. The van der Waals surface area contributed by atoms with E-state index < -0.39 is 15.5 Å². The van der Waals surface area contributed by atoms with E-state index in [1.54, 1.807) is 0 Å². The summed E-state index contributed by atoms with van der Waals surface area (Å²) in [7, 11) is -4.63. The van der Waals surface area contributed by atoms with E-state index in [-0.39, 0.29) is 30.9 Å². The number of hydrogen-bond acceptors (Lipinski definition) is 4. The van der Waals surface area contributed by atoms with Gasteiger partial charge in [0.2, 0.25) is 5.91 Å². The van der Waals surface area contributed by atoms with Crippen molar-refractivity contribution in [3.63, 3.8) is 0 Å². The maximum Gasteiger partial charge on any atom is 0.307 e. The van der Waals surface area contributed by atoms with Crippen molar-refractivity contribution in [2.24, 2.45) is 5.92 Å². The van der Waals surface area contributed by atoms with Crippen molar-refractivity contribution in [2.75, 3.05) is 13.1 Å². The number of aliphatic hydroxyl groups excluding tert-OH is 1. The topological polar surface area (TPSA) is 74.7 Å². The minimum absolute atomic E-state index is 0.0513. The van der Waals surface area contributed by atoms with E-state index in [9.17, 15) is 22.2 Å². The molecule has 0 radical (unpaired) electrons. The first-order valence-corrected chi connectivity index (χ1v) is 7.70. The Morgan fingerprint density at radius 1 is 1.39 bits per heavy atom. The van der Waals surface area contributed by atoms with Gasteiger partial charge in [-0.2, -0.15) is 8.42 Å². The summed E-state index contributed by atoms with van der Waals surface area (Å²) in [6.45, 7) is 0.381. The van der Waals surface area contributed by atoms with Crippen LogP contribution in [0.25, 0.3) is 0 Å². The fourth-order valence-electron chi connectivity index (χ4n) is 2.84. The van der Waals surface area contributed by atoms with Crippen LogP contribution in [0.4, 0.5) is 3.89 Å². The molecule has 5 nitrogen and oxygen atoms in total. The molecule has 1 heterocycles. The van der Waals surface area contributed by atoms with Crippen LogP contribution in [0.1, 0.15) is 32.1 Å². The Hall–Kier alpha value is -0.690. The molecule has 3 atom stereocenters. The molecule has 2 fully saturated rings. The van der Waals surface area contributed by atoms with E-state index >= 15 is 0 Å². The van der Waals surface area contributed by atoms with Crippen LogP contribution in [-0.4, -0.2) is 48.8 Å². The predicted octanol–water partition coefficient (Wildman–Crippen LogP) is 0.438. The SMILES string of the molecule is O=C1CC(S(=O)(=O)F)CN1CC1CCCC(O)C1. The Bertz CT molecular complexity index is 425. The molecule has 1 aliphatic heterocycles. The monoisotopic (exact) mass is 279 g/mol. The number of amides is 1. The van der Waals surface area contributed by atoms with Gasteiger partial charge < -0.3 is 10.0 Å². The van der Waals surface area contributed by atoms with Crippen LogP contribution in [0.3, 0.4) is 0 Å². The Balaban J connectivity index is 1.92. The summed E-state index contributed by atoms with van der Waals surface area (Å²) in [5.74, 6) is -0.111. The quantitative estimate of drug-likeness (QED) is 0.761. The molecule has 1 N–H and O–H groups in total. The Morgan fingerprint density at radius 2 is 2.11 bits per heavy atom. The second-order valence-corrected chi connectivity index (χ2v) is 6.90. The van der Waals surface area contributed by atoms with Crippen LogP contribution in [0.5, 0.6) is 0 Å². The zero-order valence-corrected chi connectivity index (χ0v) is 10.9. The molecular formula is C11H18FNO4S. The smallest absolute Gasteiger partial charge is 0.307 e. The molecule has 0 aromatic heterocycles. The molecule has 18 heavy (non-hydrogen) atoms. The third-order valence-corrected chi connectivity index (χ3v) is 4.92. The standard InChI is InChI=1S/C11H18FNO4S/c12-18(16,17)10-5-11(15)13(7-10)6-8-2-1-3-9(14)4-8/h8-10,14H,1-7H2. The molecule has 1 amide bonds. The first-order chi connectivity index (χ1) is 8.36. The van der Waals surface area contributed by atoms with Crippen molar-refractivity contribution in [3.8, 4) is 0 Å². The van der Waals surface area contributed by atoms with Gasteiger partial charge in [-0.25, -0.2) is 0 Å². The number of halogens is 1. The predicted molar refractivity (Wildman–Crippen MR) is 63.0 cm³/mol. The van der Waals surface area contributed by atoms with E-state index in [0.717, 1.165) is 19.3 Å². The highest BCUT2D eigenvalue weighted by atomic mass is 32.3. The fraction of sp³-hybridized carbons (Fsp3) is 0.909. The number of likely N-dealkylation sites (tertiary alicyclic amines) is 1. The third kappa shape index (κ3) is 3.20. The normalized spacial score (nSPS) is 34.0. The molecule has 3 unspecified atom stereocenters. The second-order valence-electron chi connectivity index (χ2n) is 5.29. The molecule has 2 aliphatic rings. The largest absolute Gasteiger partial charge is 0.393 e. The third-order valence-electron chi connectivity index (χ3n) is 3.81. The van der Waals surface area contributed by atoms with Gasteiger partial charge in [0, 0.05) is 19.5 Å². The molecular weight excluding hydrogens is 261 g/mol. The summed E-state index contributed by atoms with van der Waals surface area (Å²) >= 11 is 0. The molecule has 7 heteroatoms. The number of nitrogens with zero attached hydrogens (tertiary/aromatic N) is 1. The lowest BCUT2D eigenvalue weighted by molar-refractivity contribution is -0.128. The molecule has 0 bridgehead atoms. The number of carbonyl (C=O) groups excluding carboxylic acids is 1. The van der Waals surface area contributed by atoms with Crippen LogP contribution in [0, 0.1) is 5.92 Å². The summed E-state index contributed by atoms with van der Waals surface area (Å²) in [6.07, 6.45) is 2.67. The van der Waals surface area contributed by atoms with Crippen molar-refractivity contribution in [3.05, 3.63) is 0 Å². The summed E-state index contributed by atoms with van der Waals surface area (Å²) < 4.78 is 34.4. The lowest BCUT2D eigenvalue weighted by Crippen LogP contribution is -2.35. The Labute approximate surface area is 106 Å². The Morgan fingerprint density at radius 3 is 2.67 bits per heavy atom. The molecule has 1 aliphatic carbocycles. The van der Waals surface area contributed by atoms with Gasteiger partial charge in [0.1, 0.15) is 5.25 Å². The van der Waals surface area contributed by atoms with E-state index in [1.807, 2.05) is 0 Å². The number of carbonyl (C=O) groups is 1. The highest BCUT2D eigenvalue weighted by Gasteiger charge is 2.39. The molecule has 1 saturated carbocycles. The first-order valence-electron chi connectivity index (χ1n) is 6.25. The zero-order chi connectivity index (χ0) is 13.3. The van der Waals surface area contributed by atoms with Crippen LogP contribution >= 0.6 is 0 Å². The van der Waals surface area contributed by atoms with Gasteiger partial charge in [0.15, 0.2) is 0 Å². The van der Waals surface area contributed by atoms with Crippen molar-refractivity contribution in [1.29, 1.82) is 0 Å². The van der Waals surface area contributed by atoms with Gasteiger partial charge in [-0.15, -0.1) is 3.89 Å². The van der Waals surface area contributed by atoms with Crippen molar-refractivity contribution >= 4 is 16.1 Å². The fourth-order valence-corrected chi connectivity index (χ4v) is 3.54. The summed E-state index contributed by atoms with van der Waals surface area (Å²) in [6, 6.07) is 0. The van der Waals surface area contributed by atoms with E-state index in [4.69, 9.17) is 0 Å². The van der Waals surface area contributed by atoms with Crippen LogP contribution in [0.15, 0.2) is 0 Å². The Kier molecular flexibility index (Phi) is 3.91. The number of rotatable bonds is 3. The maximum absolute atomic E-state index is 12.8. The minimum atomic E-state index is -4.63. The van der Waals surface area contributed by atoms with Gasteiger partial charge >= 0.3 is 10.2 Å². The molecule has 0 aromatic rings. The maximum atomic E-state index is 12.8. The lowest BCUT2D eigenvalue weighted by Gasteiger charge is -2.29. The van der Waals surface area contributed by atoms with Gasteiger partial charge in [0.05, 0.1) is 6.10 Å². The average molecular weight is 279 g/mol. The molecule has 0 spiro atoms. The van der Waals surface area contributed by atoms with Crippen LogP contribution in [0.2, 0.25) is 0 Å². The molecule has 104 valence electrons. The highest BCUT2D eigenvalue weighted by Crippen LogP contribution is 2.27. The van der Waals surface area contributed by atoms with Crippen molar-refractivity contribution in [1.82, 2.24) is 4.90 Å². The summed E-state index contributed by atoms with van der Waals surface area (Å²) in [5, 5.41) is 8.33. The number of hydrogen-bond donors (Lipinski definition) is 1. The second kappa shape index (κ2) is 5.13. The van der Waals surface area contributed by atoms with Gasteiger partial charge in [-0.3, -0.25) is 4.79 Å². The van der Waals surface area contributed by atoms with E-state index in [1.165, 1.54) is 4.90 Å². The van der Waals surface area contributed by atoms with Gasteiger partial charge in [0.25, 0.3) is 0 Å². The van der Waals surface area contributed by atoms with Crippen molar-refractivity contribution in [2.45, 2.75) is 43.5 Å². The van der Waals surface area contributed by atoms with Gasteiger partial charge in [-0.05, 0) is 25.2 Å².